The third kappa shape index (κ3) is 11.1. The lowest BCUT2D eigenvalue weighted by Crippen LogP contribution is -2.24. The number of para-hydroxylation sites is 1. The molecule has 0 fully saturated rings. The number of benzene rings is 2. The number of ketones is 1. The number of carboxylic acid groups (broad SMARTS) is 2. The molecule has 0 aliphatic heterocycles. The molecule has 190 valence electrons. The van der Waals surface area contributed by atoms with Gasteiger partial charge in [0, 0.05) is 18.2 Å². The second-order valence-corrected chi connectivity index (χ2v) is 6.48. The van der Waals surface area contributed by atoms with Gasteiger partial charge < -0.3 is 30.2 Å². The Balaban J connectivity index is 0.000000762. The van der Waals surface area contributed by atoms with Crippen LogP contribution in [0.15, 0.2) is 60.7 Å². The molecule has 0 saturated heterocycles. The number of aliphatic carboxylic acids is 2. The number of nitrogens with two attached hydrogens (primary N) is 1. The van der Waals surface area contributed by atoms with Gasteiger partial charge in [0.1, 0.15) is 23.9 Å². The first-order chi connectivity index (χ1) is 16.5. The number of ether oxygens (including phenoxy) is 3. The summed E-state index contributed by atoms with van der Waals surface area (Å²) in [5.41, 5.74) is 5.74. The quantitative estimate of drug-likeness (QED) is 0.313. The maximum Gasteiger partial charge on any atom is 0.490 e. The highest BCUT2D eigenvalue weighted by Crippen LogP contribution is 2.24. The molecule has 9 nitrogen and oxygen atoms in total. The summed E-state index contributed by atoms with van der Waals surface area (Å²) < 4.78 is 48.1. The zero-order chi connectivity index (χ0) is 26.4. The van der Waals surface area contributed by atoms with E-state index in [2.05, 4.69) is 0 Å². The van der Waals surface area contributed by atoms with E-state index in [-0.39, 0.29) is 0 Å². The summed E-state index contributed by atoms with van der Waals surface area (Å²) >= 11 is 0. The van der Waals surface area contributed by atoms with Crippen molar-refractivity contribution in [1.29, 1.82) is 0 Å². The van der Waals surface area contributed by atoms with Crippen LogP contribution in [0.25, 0.3) is 0 Å². The molecule has 2 rings (SSSR count). The van der Waals surface area contributed by atoms with Crippen molar-refractivity contribution in [2.24, 2.45) is 5.73 Å². The van der Waals surface area contributed by atoms with Crippen LogP contribution in [-0.2, 0) is 9.59 Å². The average molecular weight is 499 g/mol. The molecule has 0 aliphatic carbocycles. The van der Waals surface area contributed by atoms with Gasteiger partial charge in [-0.25, -0.2) is 9.59 Å². The van der Waals surface area contributed by atoms with E-state index >= 15 is 0 Å². The van der Waals surface area contributed by atoms with Gasteiger partial charge in [0.05, 0.1) is 6.61 Å². The minimum Gasteiger partial charge on any atom is -0.494 e. The predicted octanol–water partition coefficient (Wildman–Crippen LogP) is 3.33. The Morgan fingerprint density at radius 2 is 1.57 bits per heavy atom. The highest BCUT2D eigenvalue weighted by atomic mass is 19.4. The van der Waals surface area contributed by atoms with Gasteiger partial charge in [-0.15, -0.1) is 0 Å². The lowest BCUT2D eigenvalue weighted by Gasteiger charge is -2.12. The molecular weight excluding hydrogens is 475 g/mol. The maximum atomic E-state index is 12.5. The highest BCUT2D eigenvalue weighted by molar-refractivity contribution is 6.05. The molecule has 2 aromatic carbocycles. The van der Waals surface area contributed by atoms with Crippen LogP contribution in [-0.4, -0.2) is 60.0 Å². The third-order valence-corrected chi connectivity index (χ3v) is 3.78. The van der Waals surface area contributed by atoms with Gasteiger partial charge in [0.15, 0.2) is 5.78 Å². The fourth-order valence-corrected chi connectivity index (χ4v) is 2.31. The zero-order valence-electron chi connectivity index (χ0n) is 18.5. The summed E-state index contributed by atoms with van der Waals surface area (Å²) in [6, 6.07) is 13.3. The Morgan fingerprint density at radius 1 is 1.00 bits per heavy atom. The van der Waals surface area contributed by atoms with Gasteiger partial charge in [0.25, 0.3) is 0 Å². The van der Waals surface area contributed by atoms with Crippen LogP contribution in [0, 0.1) is 0 Å². The lowest BCUT2D eigenvalue weighted by atomic mass is 10.1. The molecule has 0 amide bonds. The van der Waals surface area contributed by atoms with E-state index in [4.69, 9.17) is 29.8 Å². The summed E-state index contributed by atoms with van der Waals surface area (Å²) in [7, 11) is 0. The van der Waals surface area contributed by atoms with Gasteiger partial charge >= 0.3 is 18.1 Å². The molecule has 12 heteroatoms. The standard InChI is InChI=1S/C21H23NO6.C2HF3O2/c1-2-26-17-12-15(13-18(14-17)27-11-10-22)19(23)8-9-20(21(24)25)28-16-6-4-3-5-7-16;3-2(4,5)1(6)7/h3-9,12-14,20H,2,10-11,22H2,1H3,(H,24,25);(H,6,7). The van der Waals surface area contributed by atoms with E-state index in [0.717, 1.165) is 0 Å². The second-order valence-electron chi connectivity index (χ2n) is 6.48. The first kappa shape index (κ1) is 29.0. The van der Waals surface area contributed by atoms with Crippen LogP contribution in [0.3, 0.4) is 0 Å². The first-order valence-electron chi connectivity index (χ1n) is 10.1. The molecule has 1 atom stereocenters. The molecule has 1 unspecified atom stereocenters. The summed E-state index contributed by atoms with van der Waals surface area (Å²) in [6.45, 7) is 2.88. The van der Waals surface area contributed by atoms with Crippen LogP contribution in [0.1, 0.15) is 17.3 Å². The van der Waals surface area contributed by atoms with E-state index in [1.807, 2.05) is 6.92 Å². The number of hydrogen-bond donors (Lipinski definition) is 3. The van der Waals surface area contributed by atoms with E-state index in [9.17, 15) is 27.9 Å². The Bertz CT molecular complexity index is 1010. The van der Waals surface area contributed by atoms with E-state index in [0.29, 0.717) is 42.6 Å². The number of carbonyl (C=O) groups excluding carboxylic acids is 1. The molecule has 0 heterocycles. The van der Waals surface area contributed by atoms with Gasteiger partial charge in [0.2, 0.25) is 6.10 Å². The predicted molar refractivity (Wildman–Crippen MR) is 118 cm³/mol. The van der Waals surface area contributed by atoms with Crippen molar-refractivity contribution >= 4 is 17.7 Å². The van der Waals surface area contributed by atoms with Crippen molar-refractivity contribution in [3.8, 4) is 17.2 Å². The molecule has 4 N–H and O–H groups in total. The summed E-state index contributed by atoms with van der Waals surface area (Å²) in [5.74, 6) is -3.05. The molecule has 0 bridgehead atoms. The Labute approximate surface area is 198 Å². The van der Waals surface area contributed by atoms with Crippen LogP contribution in [0.5, 0.6) is 17.2 Å². The SMILES string of the molecule is CCOc1cc(OCCN)cc(C(=O)C=CC(Oc2ccccc2)C(=O)O)c1.O=C(O)C(F)(F)F. The number of rotatable bonds is 11. The number of carbonyl (C=O) groups is 3. The molecular formula is C23H24F3NO8. The third-order valence-electron chi connectivity index (χ3n) is 3.78. The number of alkyl halides is 3. The van der Waals surface area contributed by atoms with E-state index < -0.39 is 30.0 Å². The Hall–Kier alpha value is -4.06. The van der Waals surface area contributed by atoms with Crippen LogP contribution >= 0.6 is 0 Å². The molecule has 0 aliphatic rings. The number of hydrogen-bond acceptors (Lipinski definition) is 7. The summed E-state index contributed by atoms with van der Waals surface area (Å²) in [6.07, 6.45) is -4.01. The fraction of sp³-hybridized carbons (Fsp3) is 0.261. The molecule has 0 radical (unpaired) electrons. The van der Waals surface area contributed by atoms with Crippen molar-refractivity contribution in [3.63, 3.8) is 0 Å². The van der Waals surface area contributed by atoms with Crippen molar-refractivity contribution in [2.75, 3.05) is 19.8 Å². The smallest absolute Gasteiger partial charge is 0.490 e. The van der Waals surface area contributed by atoms with Crippen molar-refractivity contribution < 1.29 is 52.0 Å². The molecule has 0 aromatic heterocycles. The van der Waals surface area contributed by atoms with Gasteiger partial charge in [-0.3, -0.25) is 4.79 Å². The van der Waals surface area contributed by atoms with Crippen molar-refractivity contribution in [1.82, 2.24) is 0 Å². The summed E-state index contributed by atoms with van der Waals surface area (Å²) in [4.78, 5) is 32.9. The maximum absolute atomic E-state index is 12.5. The van der Waals surface area contributed by atoms with Gasteiger partial charge in [-0.1, -0.05) is 18.2 Å². The fourth-order valence-electron chi connectivity index (χ4n) is 2.31. The van der Waals surface area contributed by atoms with E-state index in [1.165, 1.54) is 12.2 Å². The van der Waals surface area contributed by atoms with Crippen molar-refractivity contribution in [3.05, 3.63) is 66.2 Å². The molecule has 0 spiro atoms. The summed E-state index contributed by atoms with van der Waals surface area (Å²) in [5, 5.41) is 16.5. The Morgan fingerprint density at radius 3 is 2.06 bits per heavy atom. The normalized spacial score (nSPS) is 11.7. The van der Waals surface area contributed by atoms with Crippen molar-refractivity contribution in [2.45, 2.75) is 19.2 Å². The van der Waals surface area contributed by atoms with Gasteiger partial charge in [-0.2, -0.15) is 13.2 Å². The number of halogens is 3. The molecule has 0 saturated carbocycles. The topological polar surface area (TPSA) is 145 Å². The average Bonchev–Trinajstić information content (AvgIpc) is 2.80. The molecule has 35 heavy (non-hydrogen) atoms. The van der Waals surface area contributed by atoms with Gasteiger partial charge in [-0.05, 0) is 43.3 Å². The monoisotopic (exact) mass is 499 g/mol. The number of allylic oxidation sites excluding steroid dienone is 1. The zero-order valence-corrected chi connectivity index (χ0v) is 18.5. The minimum atomic E-state index is -5.08. The highest BCUT2D eigenvalue weighted by Gasteiger charge is 2.38. The first-order valence-corrected chi connectivity index (χ1v) is 10.1. The number of carboxylic acids is 2. The lowest BCUT2D eigenvalue weighted by molar-refractivity contribution is -0.192. The van der Waals surface area contributed by atoms with Crippen LogP contribution < -0.4 is 19.9 Å². The van der Waals surface area contributed by atoms with Crippen LogP contribution in [0.4, 0.5) is 13.2 Å². The van der Waals surface area contributed by atoms with Crippen LogP contribution in [0.2, 0.25) is 0 Å². The second kappa shape index (κ2) is 14.3. The minimum absolute atomic E-state index is 0.297. The Kier molecular flexibility index (Phi) is 11.8. The molecule has 2 aromatic rings. The van der Waals surface area contributed by atoms with E-state index in [1.54, 1.807) is 48.5 Å². The largest absolute Gasteiger partial charge is 0.494 e.